The Labute approximate surface area is 178 Å². The van der Waals surface area contributed by atoms with Crippen molar-refractivity contribution in [2.45, 2.75) is 31.2 Å². The van der Waals surface area contributed by atoms with Crippen molar-refractivity contribution in [1.82, 2.24) is 9.62 Å². The molecule has 162 valence electrons. The molecule has 7 nitrogen and oxygen atoms in total. The Bertz CT molecular complexity index is 960. The van der Waals surface area contributed by atoms with E-state index in [1.807, 2.05) is 31.2 Å². The quantitative estimate of drug-likeness (QED) is 0.693. The lowest BCUT2D eigenvalue weighted by atomic mass is 9.99. The van der Waals surface area contributed by atoms with Gasteiger partial charge in [-0.3, -0.25) is 4.79 Å². The number of methoxy groups -OCH3 is 1. The second kappa shape index (κ2) is 9.95. The molecule has 2 aromatic carbocycles. The van der Waals surface area contributed by atoms with Gasteiger partial charge in [0.05, 0.1) is 24.5 Å². The van der Waals surface area contributed by atoms with Crippen LogP contribution in [0, 0.1) is 5.92 Å². The Morgan fingerprint density at radius 1 is 1.17 bits per heavy atom. The van der Waals surface area contributed by atoms with Crippen LogP contribution in [0.5, 0.6) is 11.5 Å². The summed E-state index contributed by atoms with van der Waals surface area (Å²) in [7, 11) is -2.12. The summed E-state index contributed by atoms with van der Waals surface area (Å²) >= 11 is 0. The number of amides is 1. The number of carbonyl (C=O) groups is 1. The number of nitrogens with one attached hydrogen (secondary N) is 1. The number of hydrogen-bond donors (Lipinski definition) is 1. The molecule has 0 aliphatic carbocycles. The maximum Gasteiger partial charge on any atom is 0.243 e. The molecule has 1 amide bonds. The predicted molar refractivity (Wildman–Crippen MR) is 114 cm³/mol. The summed E-state index contributed by atoms with van der Waals surface area (Å²) in [5.74, 6) is 0.852. The standard InChI is InChI=1S/C22H28N2O5S/c1-3-29-20-8-4-6-17(14-20)15-23-22(25)18-7-5-13-24(16-18)30(26,27)21-11-9-19(28-2)10-12-21/h4,6,8-12,14,18H,3,5,7,13,15-16H2,1-2H3,(H,23,25)/t18-/m0/s1. The van der Waals surface area contributed by atoms with Crippen LogP contribution >= 0.6 is 0 Å². The summed E-state index contributed by atoms with van der Waals surface area (Å²) in [5, 5.41) is 2.93. The van der Waals surface area contributed by atoms with E-state index in [0.717, 1.165) is 11.3 Å². The summed E-state index contributed by atoms with van der Waals surface area (Å²) in [6, 6.07) is 13.9. The third-order valence-corrected chi connectivity index (χ3v) is 7.01. The number of benzene rings is 2. The molecule has 2 aromatic rings. The van der Waals surface area contributed by atoms with Crippen molar-refractivity contribution in [2.24, 2.45) is 5.92 Å². The van der Waals surface area contributed by atoms with Crippen molar-refractivity contribution in [2.75, 3.05) is 26.8 Å². The molecule has 30 heavy (non-hydrogen) atoms. The summed E-state index contributed by atoms with van der Waals surface area (Å²) < 4.78 is 37.9. The molecule has 3 rings (SSSR count). The minimum absolute atomic E-state index is 0.133. The molecule has 1 saturated heterocycles. The van der Waals surface area contributed by atoms with Crippen molar-refractivity contribution in [3.8, 4) is 11.5 Å². The zero-order valence-corrected chi connectivity index (χ0v) is 18.2. The molecule has 0 radical (unpaired) electrons. The van der Waals surface area contributed by atoms with Gasteiger partial charge in [0, 0.05) is 19.6 Å². The first-order chi connectivity index (χ1) is 14.4. The zero-order valence-electron chi connectivity index (χ0n) is 17.3. The molecule has 1 N–H and O–H groups in total. The zero-order chi connectivity index (χ0) is 21.6. The van der Waals surface area contributed by atoms with E-state index >= 15 is 0 Å². The van der Waals surface area contributed by atoms with Crippen molar-refractivity contribution >= 4 is 15.9 Å². The minimum atomic E-state index is -3.65. The van der Waals surface area contributed by atoms with Gasteiger partial charge in [-0.25, -0.2) is 8.42 Å². The maximum absolute atomic E-state index is 13.0. The molecule has 0 spiro atoms. The van der Waals surface area contributed by atoms with Crippen molar-refractivity contribution in [3.05, 3.63) is 54.1 Å². The van der Waals surface area contributed by atoms with Gasteiger partial charge in [0.25, 0.3) is 0 Å². The lowest BCUT2D eigenvalue weighted by molar-refractivity contribution is -0.126. The molecule has 1 atom stereocenters. The Kier molecular flexibility index (Phi) is 7.33. The lowest BCUT2D eigenvalue weighted by Crippen LogP contribution is -2.45. The molecule has 0 unspecified atom stereocenters. The highest BCUT2D eigenvalue weighted by atomic mass is 32.2. The molecule has 0 saturated carbocycles. The normalized spacial score (nSPS) is 17.3. The van der Waals surface area contributed by atoms with E-state index in [1.54, 1.807) is 12.1 Å². The number of sulfonamides is 1. The largest absolute Gasteiger partial charge is 0.497 e. The average Bonchev–Trinajstić information content (AvgIpc) is 2.78. The number of nitrogens with zero attached hydrogens (tertiary/aromatic N) is 1. The first kappa shape index (κ1) is 22.1. The average molecular weight is 433 g/mol. The molecule has 1 heterocycles. The number of ether oxygens (including phenoxy) is 2. The summed E-state index contributed by atoms with van der Waals surface area (Å²) in [6.07, 6.45) is 1.31. The van der Waals surface area contributed by atoms with Gasteiger partial charge < -0.3 is 14.8 Å². The van der Waals surface area contributed by atoms with E-state index < -0.39 is 10.0 Å². The lowest BCUT2D eigenvalue weighted by Gasteiger charge is -2.31. The molecular formula is C22H28N2O5S. The van der Waals surface area contributed by atoms with Gasteiger partial charge in [0.1, 0.15) is 11.5 Å². The number of rotatable bonds is 8. The fourth-order valence-electron chi connectivity index (χ4n) is 3.52. The monoisotopic (exact) mass is 432 g/mol. The van der Waals surface area contributed by atoms with E-state index in [2.05, 4.69) is 5.32 Å². The van der Waals surface area contributed by atoms with E-state index in [-0.39, 0.29) is 23.3 Å². The minimum Gasteiger partial charge on any atom is -0.497 e. The smallest absolute Gasteiger partial charge is 0.243 e. The number of carbonyl (C=O) groups excluding carboxylic acids is 1. The van der Waals surface area contributed by atoms with E-state index in [4.69, 9.17) is 9.47 Å². The van der Waals surface area contributed by atoms with E-state index in [9.17, 15) is 13.2 Å². The van der Waals surface area contributed by atoms with Gasteiger partial charge in [-0.05, 0) is 61.7 Å². The summed E-state index contributed by atoms with van der Waals surface area (Å²) in [6.45, 7) is 3.47. The predicted octanol–water partition coefficient (Wildman–Crippen LogP) is 2.81. The second-order valence-electron chi connectivity index (χ2n) is 7.18. The highest BCUT2D eigenvalue weighted by Gasteiger charge is 2.33. The van der Waals surface area contributed by atoms with Crippen LogP contribution in [-0.4, -0.2) is 45.4 Å². The van der Waals surface area contributed by atoms with Crippen LogP contribution in [0.25, 0.3) is 0 Å². The van der Waals surface area contributed by atoms with Gasteiger partial charge >= 0.3 is 0 Å². The Hall–Kier alpha value is -2.58. The fourth-order valence-corrected chi connectivity index (χ4v) is 5.04. The topological polar surface area (TPSA) is 84.9 Å². The summed E-state index contributed by atoms with van der Waals surface area (Å²) in [4.78, 5) is 12.9. The van der Waals surface area contributed by atoms with Gasteiger partial charge in [-0.2, -0.15) is 4.31 Å². The molecule has 8 heteroatoms. The fraction of sp³-hybridized carbons (Fsp3) is 0.409. The van der Waals surface area contributed by atoms with Gasteiger partial charge in [0.15, 0.2) is 0 Å². The SMILES string of the molecule is CCOc1cccc(CNC(=O)[C@H]2CCCN(S(=O)(=O)c3ccc(OC)cc3)C2)c1. The first-order valence-electron chi connectivity index (χ1n) is 10.1. The van der Waals surface area contributed by atoms with Crippen LogP contribution in [-0.2, 0) is 21.4 Å². The molecule has 1 fully saturated rings. The van der Waals surface area contributed by atoms with Crippen molar-refractivity contribution in [1.29, 1.82) is 0 Å². The molecule has 1 aliphatic rings. The number of hydrogen-bond acceptors (Lipinski definition) is 5. The highest BCUT2D eigenvalue weighted by molar-refractivity contribution is 7.89. The van der Waals surface area contributed by atoms with Gasteiger partial charge in [-0.15, -0.1) is 0 Å². The summed E-state index contributed by atoms with van der Waals surface area (Å²) in [5.41, 5.74) is 0.938. The van der Waals surface area contributed by atoms with Crippen LogP contribution in [0.4, 0.5) is 0 Å². The highest BCUT2D eigenvalue weighted by Crippen LogP contribution is 2.25. The number of piperidine rings is 1. The molecule has 0 bridgehead atoms. The Morgan fingerprint density at radius 3 is 2.63 bits per heavy atom. The molecule has 1 aliphatic heterocycles. The van der Waals surface area contributed by atoms with Crippen molar-refractivity contribution < 1.29 is 22.7 Å². The van der Waals surface area contributed by atoms with Crippen LogP contribution in [0.15, 0.2) is 53.4 Å². The van der Waals surface area contributed by atoms with Crippen LogP contribution in [0.1, 0.15) is 25.3 Å². The van der Waals surface area contributed by atoms with E-state index in [1.165, 1.54) is 23.5 Å². The Balaban J connectivity index is 1.62. The third-order valence-electron chi connectivity index (χ3n) is 5.13. The third kappa shape index (κ3) is 5.31. The Morgan fingerprint density at radius 2 is 1.93 bits per heavy atom. The van der Waals surface area contributed by atoms with Crippen LogP contribution in [0.2, 0.25) is 0 Å². The van der Waals surface area contributed by atoms with Gasteiger partial charge in [0.2, 0.25) is 15.9 Å². The van der Waals surface area contributed by atoms with E-state index in [0.29, 0.717) is 38.3 Å². The second-order valence-corrected chi connectivity index (χ2v) is 9.11. The van der Waals surface area contributed by atoms with Crippen LogP contribution < -0.4 is 14.8 Å². The van der Waals surface area contributed by atoms with Crippen LogP contribution in [0.3, 0.4) is 0 Å². The van der Waals surface area contributed by atoms with Crippen molar-refractivity contribution in [3.63, 3.8) is 0 Å². The molecule has 0 aromatic heterocycles. The molecular weight excluding hydrogens is 404 g/mol. The van der Waals surface area contributed by atoms with Gasteiger partial charge in [-0.1, -0.05) is 12.1 Å². The first-order valence-corrected chi connectivity index (χ1v) is 11.5. The maximum atomic E-state index is 13.0.